The number of nitrogens with zero attached hydrogens (tertiary/aromatic N) is 1. The summed E-state index contributed by atoms with van der Waals surface area (Å²) in [6, 6.07) is -0.381. The van der Waals surface area contributed by atoms with Gasteiger partial charge in [0.25, 0.3) is 0 Å². The van der Waals surface area contributed by atoms with E-state index in [0.29, 0.717) is 31.7 Å². The molecule has 1 fully saturated rings. The maximum absolute atomic E-state index is 11.6. The molecule has 6 nitrogen and oxygen atoms in total. The highest BCUT2D eigenvalue weighted by molar-refractivity contribution is 5.90. The van der Waals surface area contributed by atoms with E-state index in [2.05, 4.69) is 15.6 Å². The fourth-order valence-electron chi connectivity index (χ4n) is 1.74. The van der Waals surface area contributed by atoms with Gasteiger partial charge in [-0.15, -0.1) is 0 Å². The van der Waals surface area contributed by atoms with Crippen molar-refractivity contribution in [3.63, 3.8) is 0 Å². The molecule has 0 bridgehead atoms. The molecule has 2 heterocycles. The zero-order valence-electron chi connectivity index (χ0n) is 9.66. The van der Waals surface area contributed by atoms with Crippen molar-refractivity contribution in [2.75, 3.05) is 6.54 Å². The van der Waals surface area contributed by atoms with Crippen LogP contribution in [0.15, 0.2) is 10.6 Å². The summed E-state index contributed by atoms with van der Waals surface area (Å²) in [5.74, 6) is 1.17. The molecule has 0 saturated carbocycles. The summed E-state index contributed by atoms with van der Waals surface area (Å²) in [7, 11) is 0. The van der Waals surface area contributed by atoms with E-state index in [1.54, 1.807) is 6.20 Å². The largest absolute Gasteiger partial charge is 0.446 e. The molecule has 2 amide bonds. The molecule has 1 aliphatic rings. The molecular weight excluding hydrogens is 222 g/mol. The number of hydrogen-bond donors (Lipinski definition) is 2. The van der Waals surface area contributed by atoms with Crippen LogP contribution in [-0.2, 0) is 16.0 Å². The van der Waals surface area contributed by atoms with E-state index in [4.69, 9.17) is 4.42 Å². The second-order valence-electron chi connectivity index (χ2n) is 4.06. The van der Waals surface area contributed by atoms with Crippen LogP contribution in [0.3, 0.4) is 0 Å². The van der Waals surface area contributed by atoms with Crippen molar-refractivity contribution in [3.8, 4) is 0 Å². The van der Waals surface area contributed by atoms with Gasteiger partial charge in [-0.25, -0.2) is 4.98 Å². The Morgan fingerprint density at radius 3 is 3.12 bits per heavy atom. The van der Waals surface area contributed by atoms with Crippen molar-refractivity contribution in [3.05, 3.63) is 17.8 Å². The average molecular weight is 237 g/mol. The molecule has 92 valence electrons. The van der Waals surface area contributed by atoms with Crippen LogP contribution in [0.4, 0.5) is 0 Å². The maximum atomic E-state index is 11.6. The molecule has 1 aliphatic heterocycles. The van der Waals surface area contributed by atoms with Crippen molar-refractivity contribution in [2.24, 2.45) is 0 Å². The standard InChI is InChI=1S/C11H15N3O3/c1-7-6-13-10(17-7)4-5-12-11(16)8-2-3-9(15)14-8/h6,8H,2-5H2,1H3,(H,12,16)(H,14,15). The van der Waals surface area contributed by atoms with E-state index in [1.165, 1.54) is 0 Å². The van der Waals surface area contributed by atoms with Crippen LogP contribution in [-0.4, -0.2) is 29.4 Å². The first-order chi connectivity index (χ1) is 8.15. The van der Waals surface area contributed by atoms with Gasteiger partial charge >= 0.3 is 0 Å². The Morgan fingerprint density at radius 1 is 1.71 bits per heavy atom. The number of nitrogens with one attached hydrogen (secondary N) is 2. The minimum Gasteiger partial charge on any atom is -0.446 e. The third kappa shape index (κ3) is 3.05. The number of carbonyl (C=O) groups excluding carboxylic acids is 2. The number of carbonyl (C=O) groups is 2. The zero-order chi connectivity index (χ0) is 12.3. The molecule has 0 aliphatic carbocycles. The first kappa shape index (κ1) is 11.6. The summed E-state index contributed by atoms with van der Waals surface area (Å²) >= 11 is 0. The fraction of sp³-hybridized carbons (Fsp3) is 0.545. The number of rotatable bonds is 4. The molecular formula is C11H15N3O3. The van der Waals surface area contributed by atoms with E-state index in [-0.39, 0.29) is 17.9 Å². The molecule has 1 aromatic rings. The summed E-state index contributed by atoms with van der Waals surface area (Å²) in [5, 5.41) is 5.37. The minimum absolute atomic E-state index is 0.0616. The Hall–Kier alpha value is -1.85. The van der Waals surface area contributed by atoms with Crippen LogP contribution in [0.5, 0.6) is 0 Å². The lowest BCUT2D eigenvalue weighted by molar-refractivity contribution is -0.125. The number of aryl methyl sites for hydroxylation is 1. The van der Waals surface area contributed by atoms with Crippen LogP contribution in [0.2, 0.25) is 0 Å². The van der Waals surface area contributed by atoms with Gasteiger partial charge in [-0.05, 0) is 13.3 Å². The van der Waals surface area contributed by atoms with Crippen molar-refractivity contribution >= 4 is 11.8 Å². The van der Waals surface area contributed by atoms with Gasteiger partial charge in [0.05, 0.1) is 6.20 Å². The summed E-state index contributed by atoms with van der Waals surface area (Å²) in [5.41, 5.74) is 0. The molecule has 1 unspecified atom stereocenters. The number of amides is 2. The second-order valence-corrected chi connectivity index (χ2v) is 4.06. The lowest BCUT2D eigenvalue weighted by Gasteiger charge is -2.09. The highest BCUT2D eigenvalue weighted by atomic mass is 16.4. The summed E-state index contributed by atoms with van der Waals surface area (Å²) < 4.78 is 5.28. The van der Waals surface area contributed by atoms with Crippen LogP contribution < -0.4 is 10.6 Å². The van der Waals surface area contributed by atoms with Crippen LogP contribution in [0, 0.1) is 6.92 Å². The van der Waals surface area contributed by atoms with E-state index < -0.39 is 0 Å². The smallest absolute Gasteiger partial charge is 0.242 e. The van der Waals surface area contributed by atoms with Gasteiger partial charge in [0, 0.05) is 19.4 Å². The highest BCUT2D eigenvalue weighted by Crippen LogP contribution is 2.06. The Kier molecular flexibility index (Phi) is 3.41. The Balaban J connectivity index is 1.71. The molecule has 2 N–H and O–H groups in total. The molecule has 2 rings (SSSR count). The van der Waals surface area contributed by atoms with Gasteiger partial charge in [-0.1, -0.05) is 0 Å². The maximum Gasteiger partial charge on any atom is 0.242 e. The summed E-state index contributed by atoms with van der Waals surface area (Å²) in [6.45, 7) is 2.29. The molecule has 17 heavy (non-hydrogen) atoms. The Morgan fingerprint density at radius 2 is 2.53 bits per heavy atom. The predicted octanol–water partition coefficient (Wildman–Crippen LogP) is -0.0797. The van der Waals surface area contributed by atoms with Crippen molar-refractivity contribution in [1.29, 1.82) is 0 Å². The average Bonchev–Trinajstić information content (AvgIpc) is 2.88. The van der Waals surface area contributed by atoms with Gasteiger partial charge in [-0.2, -0.15) is 0 Å². The quantitative estimate of drug-likeness (QED) is 0.767. The molecule has 0 spiro atoms. The zero-order valence-corrected chi connectivity index (χ0v) is 9.66. The van der Waals surface area contributed by atoms with Crippen LogP contribution in [0.1, 0.15) is 24.5 Å². The normalized spacial score (nSPS) is 19.1. The van der Waals surface area contributed by atoms with Gasteiger partial charge < -0.3 is 15.1 Å². The molecule has 0 radical (unpaired) electrons. The number of aromatic nitrogens is 1. The predicted molar refractivity (Wildman–Crippen MR) is 59.1 cm³/mol. The number of oxazole rings is 1. The second kappa shape index (κ2) is 4.99. The Labute approximate surface area is 98.8 Å². The van der Waals surface area contributed by atoms with Crippen molar-refractivity contribution < 1.29 is 14.0 Å². The van der Waals surface area contributed by atoms with E-state index in [1.807, 2.05) is 6.92 Å². The monoisotopic (exact) mass is 237 g/mol. The Bertz CT molecular complexity index is 427. The first-order valence-corrected chi connectivity index (χ1v) is 5.63. The fourth-order valence-corrected chi connectivity index (χ4v) is 1.74. The number of hydrogen-bond acceptors (Lipinski definition) is 4. The van der Waals surface area contributed by atoms with Crippen LogP contribution >= 0.6 is 0 Å². The summed E-state index contributed by atoms with van der Waals surface area (Å²) in [6.07, 6.45) is 3.20. The molecule has 6 heteroatoms. The molecule has 1 aromatic heterocycles. The molecule has 1 saturated heterocycles. The van der Waals surface area contributed by atoms with Gasteiger partial charge in [-0.3, -0.25) is 9.59 Å². The summed E-state index contributed by atoms with van der Waals surface area (Å²) in [4.78, 5) is 26.6. The lowest BCUT2D eigenvalue weighted by atomic mass is 10.2. The van der Waals surface area contributed by atoms with Crippen molar-refractivity contribution in [2.45, 2.75) is 32.2 Å². The minimum atomic E-state index is -0.381. The van der Waals surface area contributed by atoms with E-state index >= 15 is 0 Å². The lowest BCUT2D eigenvalue weighted by Crippen LogP contribution is -2.42. The van der Waals surface area contributed by atoms with Gasteiger partial charge in [0.1, 0.15) is 11.8 Å². The third-order valence-electron chi connectivity index (χ3n) is 2.62. The topological polar surface area (TPSA) is 84.2 Å². The van der Waals surface area contributed by atoms with E-state index in [0.717, 1.165) is 5.76 Å². The van der Waals surface area contributed by atoms with Crippen molar-refractivity contribution in [1.82, 2.24) is 15.6 Å². The SMILES string of the molecule is Cc1cnc(CCNC(=O)C2CCC(=O)N2)o1. The molecule has 1 atom stereocenters. The van der Waals surface area contributed by atoms with Gasteiger partial charge in [0.15, 0.2) is 5.89 Å². The van der Waals surface area contributed by atoms with Gasteiger partial charge in [0.2, 0.25) is 11.8 Å². The first-order valence-electron chi connectivity index (χ1n) is 5.63. The molecule has 0 aromatic carbocycles. The third-order valence-corrected chi connectivity index (χ3v) is 2.62. The van der Waals surface area contributed by atoms with Crippen LogP contribution in [0.25, 0.3) is 0 Å². The highest BCUT2D eigenvalue weighted by Gasteiger charge is 2.26. The van der Waals surface area contributed by atoms with E-state index in [9.17, 15) is 9.59 Å².